The van der Waals surface area contributed by atoms with Crippen LogP contribution in [0.3, 0.4) is 0 Å². The molecule has 0 saturated heterocycles. The average Bonchev–Trinajstić information content (AvgIpc) is 2.32. The lowest BCUT2D eigenvalue weighted by atomic mass is 10.2. The van der Waals surface area contributed by atoms with Crippen LogP contribution in [0.2, 0.25) is 0 Å². The predicted octanol–water partition coefficient (Wildman–Crippen LogP) is 0.114. The summed E-state index contributed by atoms with van der Waals surface area (Å²) in [6.45, 7) is 2.08. The molecule has 0 fully saturated rings. The van der Waals surface area contributed by atoms with E-state index in [9.17, 15) is 5.21 Å². The van der Waals surface area contributed by atoms with Crippen molar-refractivity contribution in [3.63, 3.8) is 0 Å². The van der Waals surface area contributed by atoms with Crippen molar-refractivity contribution < 1.29 is 14.7 Å². The van der Waals surface area contributed by atoms with E-state index < -0.39 is 0 Å². The molecule has 0 aromatic heterocycles. The molecular formula is C11H14N2O3. The van der Waals surface area contributed by atoms with Crippen molar-refractivity contribution in [1.82, 2.24) is 5.06 Å². The van der Waals surface area contributed by atoms with Crippen molar-refractivity contribution in [1.29, 1.82) is 0 Å². The average molecular weight is 222 g/mol. The standard InChI is InChI=1S/C11H14N2O3/c1-7-8-4-10(15-2)11(16-3)5-9(8)12-6-13(7)14/h4-5,14H,6H2,1-3H3. The first-order valence-electron chi connectivity index (χ1n) is 4.91. The van der Waals surface area contributed by atoms with Gasteiger partial charge in [-0.05, 0) is 13.0 Å². The lowest BCUT2D eigenvalue weighted by Gasteiger charge is -2.19. The third-order valence-corrected chi connectivity index (χ3v) is 2.65. The molecule has 5 nitrogen and oxygen atoms in total. The lowest BCUT2D eigenvalue weighted by molar-refractivity contribution is -0.0295. The number of benzene rings is 1. The van der Waals surface area contributed by atoms with E-state index in [0.717, 1.165) is 21.3 Å². The Kier molecular flexibility index (Phi) is 2.70. The van der Waals surface area contributed by atoms with E-state index in [1.807, 2.05) is 19.1 Å². The zero-order valence-corrected chi connectivity index (χ0v) is 9.52. The molecule has 0 bridgehead atoms. The monoisotopic (exact) mass is 222 g/mol. The Morgan fingerprint density at radius 2 is 1.88 bits per heavy atom. The van der Waals surface area contributed by atoms with Crippen molar-refractivity contribution in [3.05, 3.63) is 22.7 Å². The second-order valence-electron chi connectivity index (χ2n) is 3.51. The summed E-state index contributed by atoms with van der Waals surface area (Å²) in [6, 6.07) is 3.63. The Morgan fingerprint density at radius 3 is 2.50 bits per heavy atom. The van der Waals surface area contributed by atoms with Crippen LogP contribution in [0.4, 0.5) is 0 Å². The van der Waals surface area contributed by atoms with Crippen molar-refractivity contribution in [2.24, 2.45) is 4.99 Å². The van der Waals surface area contributed by atoms with Crippen LogP contribution < -0.4 is 20.0 Å². The van der Waals surface area contributed by atoms with Crippen LogP contribution in [0.15, 0.2) is 17.1 Å². The molecule has 0 unspecified atom stereocenters. The lowest BCUT2D eigenvalue weighted by Crippen LogP contribution is -2.38. The van der Waals surface area contributed by atoms with Crippen molar-refractivity contribution >= 4 is 5.70 Å². The second kappa shape index (κ2) is 4.02. The summed E-state index contributed by atoms with van der Waals surface area (Å²) in [7, 11) is 3.16. The number of ether oxygens (including phenoxy) is 2. The molecule has 16 heavy (non-hydrogen) atoms. The van der Waals surface area contributed by atoms with Crippen LogP contribution in [-0.2, 0) is 0 Å². The molecule has 0 atom stereocenters. The summed E-state index contributed by atoms with van der Waals surface area (Å²) in [5.74, 6) is 1.27. The number of hydrogen-bond acceptors (Lipinski definition) is 5. The second-order valence-corrected chi connectivity index (χ2v) is 3.51. The molecule has 86 valence electrons. The first-order valence-corrected chi connectivity index (χ1v) is 4.91. The molecule has 1 aromatic rings. The van der Waals surface area contributed by atoms with Crippen LogP contribution in [-0.4, -0.2) is 31.2 Å². The maximum Gasteiger partial charge on any atom is 0.162 e. The maximum atomic E-state index is 9.55. The van der Waals surface area contributed by atoms with Crippen LogP contribution in [0, 0.1) is 0 Å². The van der Waals surface area contributed by atoms with Gasteiger partial charge < -0.3 is 9.47 Å². The Balaban J connectivity index is 2.76. The number of methoxy groups -OCH3 is 2. The summed E-state index contributed by atoms with van der Waals surface area (Å²) in [5, 5.41) is 12.3. The molecule has 1 heterocycles. The summed E-state index contributed by atoms with van der Waals surface area (Å²) in [4.78, 5) is 4.23. The number of hydroxylamine groups is 2. The fraction of sp³-hybridized carbons (Fsp3) is 0.364. The molecule has 0 amide bonds. The zero-order chi connectivity index (χ0) is 11.7. The highest BCUT2D eigenvalue weighted by molar-refractivity contribution is 5.47. The van der Waals surface area contributed by atoms with Gasteiger partial charge in [0, 0.05) is 17.0 Å². The van der Waals surface area contributed by atoms with Gasteiger partial charge in [0.05, 0.1) is 19.6 Å². The molecule has 0 radical (unpaired) electrons. The Bertz CT molecular complexity index is 525. The molecule has 1 aromatic carbocycles. The van der Waals surface area contributed by atoms with E-state index in [-0.39, 0.29) is 6.67 Å². The molecular weight excluding hydrogens is 208 g/mol. The van der Waals surface area contributed by atoms with Gasteiger partial charge in [-0.1, -0.05) is 0 Å². The number of fused-ring (bicyclic) bond motifs is 1. The molecule has 5 heteroatoms. The molecule has 2 rings (SSSR count). The third-order valence-electron chi connectivity index (χ3n) is 2.65. The minimum absolute atomic E-state index is 0.244. The normalized spacial score (nSPS) is 14.2. The van der Waals surface area contributed by atoms with Crippen molar-refractivity contribution in [2.45, 2.75) is 6.92 Å². The van der Waals surface area contributed by atoms with E-state index in [2.05, 4.69) is 4.99 Å². The molecule has 1 N–H and O–H groups in total. The van der Waals surface area contributed by atoms with Gasteiger partial charge in [0.25, 0.3) is 0 Å². The Morgan fingerprint density at radius 1 is 1.25 bits per heavy atom. The Labute approximate surface area is 93.2 Å². The van der Waals surface area contributed by atoms with E-state index in [0.29, 0.717) is 11.5 Å². The van der Waals surface area contributed by atoms with Crippen LogP contribution in [0.25, 0.3) is 5.70 Å². The largest absolute Gasteiger partial charge is 0.493 e. The highest BCUT2D eigenvalue weighted by Gasteiger charge is 2.11. The molecule has 0 spiro atoms. The van der Waals surface area contributed by atoms with Gasteiger partial charge in [-0.15, -0.1) is 0 Å². The van der Waals surface area contributed by atoms with Crippen molar-refractivity contribution in [2.75, 3.05) is 20.9 Å². The highest BCUT2D eigenvalue weighted by atomic mass is 16.5. The summed E-state index contributed by atoms with van der Waals surface area (Å²) in [5.41, 5.74) is 0.756. The van der Waals surface area contributed by atoms with Gasteiger partial charge in [0.15, 0.2) is 11.5 Å². The van der Waals surface area contributed by atoms with Crippen LogP contribution in [0.5, 0.6) is 11.5 Å². The van der Waals surface area contributed by atoms with Gasteiger partial charge in [-0.3, -0.25) is 10.2 Å². The van der Waals surface area contributed by atoms with E-state index >= 15 is 0 Å². The highest BCUT2D eigenvalue weighted by Crippen LogP contribution is 2.22. The third kappa shape index (κ3) is 1.59. The number of rotatable bonds is 2. The van der Waals surface area contributed by atoms with E-state index in [1.165, 1.54) is 0 Å². The molecule has 1 aliphatic heterocycles. The SMILES string of the molecule is COc1cc2c(cc1OC)=C(C)N(O)CN=2. The fourth-order valence-corrected chi connectivity index (χ4v) is 1.68. The summed E-state index contributed by atoms with van der Waals surface area (Å²) in [6.07, 6.45) is 0. The maximum absolute atomic E-state index is 9.55. The van der Waals surface area contributed by atoms with E-state index in [1.54, 1.807) is 14.2 Å². The van der Waals surface area contributed by atoms with Crippen molar-refractivity contribution in [3.8, 4) is 11.5 Å². The zero-order valence-electron chi connectivity index (χ0n) is 9.52. The van der Waals surface area contributed by atoms with Crippen LogP contribution >= 0.6 is 0 Å². The number of nitrogens with zero attached hydrogens (tertiary/aromatic N) is 2. The van der Waals surface area contributed by atoms with E-state index in [4.69, 9.17) is 9.47 Å². The molecule has 0 saturated carbocycles. The topological polar surface area (TPSA) is 54.3 Å². The Hall–Kier alpha value is -1.75. The minimum atomic E-state index is 0.244. The predicted molar refractivity (Wildman–Crippen MR) is 57.9 cm³/mol. The first-order chi connectivity index (χ1) is 7.67. The van der Waals surface area contributed by atoms with Crippen LogP contribution in [0.1, 0.15) is 6.92 Å². The molecule has 0 aliphatic carbocycles. The number of hydrogen-bond donors (Lipinski definition) is 1. The smallest absolute Gasteiger partial charge is 0.162 e. The van der Waals surface area contributed by atoms with Gasteiger partial charge in [-0.25, -0.2) is 5.06 Å². The van der Waals surface area contributed by atoms with Gasteiger partial charge in [-0.2, -0.15) is 0 Å². The fourth-order valence-electron chi connectivity index (χ4n) is 1.68. The van der Waals surface area contributed by atoms with Gasteiger partial charge >= 0.3 is 0 Å². The summed E-state index contributed by atoms with van der Waals surface area (Å²) >= 11 is 0. The summed E-state index contributed by atoms with van der Waals surface area (Å²) < 4.78 is 10.4. The molecule has 1 aliphatic rings. The quantitative estimate of drug-likeness (QED) is 0.772. The van der Waals surface area contributed by atoms with Gasteiger partial charge in [0.2, 0.25) is 0 Å². The minimum Gasteiger partial charge on any atom is -0.493 e. The first kappa shape index (κ1) is 10.8. The van der Waals surface area contributed by atoms with Gasteiger partial charge in [0.1, 0.15) is 6.67 Å².